The Morgan fingerprint density at radius 1 is 1.00 bits per heavy atom. The number of nitrogens with zero attached hydrogens (tertiary/aromatic N) is 1. The summed E-state index contributed by atoms with van der Waals surface area (Å²) in [4.78, 5) is 38.5. The molecule has 0 bridgehead atoms. The largest absolute Gasteiger partial charge is 0.444 e. The molecule has 2 aliphatic rings. The highest BCUT2D eigenvalue weighted by Crippen LogP contribution is 2.19. The van der Waals surface area contributed by atoms with Crippen molar-refractivity contribution in [3.8, 4) is 0 Å². The maximum atomic E-state index is 12.7. The van der Waals surface area contributed by atoms with Crippen LogP contribution in [0.1, 0.15) is 72.1 Å². The molecule has 25 heavy (non-hydrogen) atoms. The molecule has 1 aliphatic carbocycles. The highest BCUT2D eigenvalue weighted by Gasteiger charge is 2.33. The Morgan fingerprint density at radius 2 is 1.64 bits per heavy atom. The van der Waals surface area contributed by atoms with E-state index >= 15 is 0 Å². The van der Waals surface area contributed by atoms with Crippen LogP contribution in [0.25, 0.3) is 0 Å². The molecule has 0 aromatic rings. The fraction of sp³-hybridized carbons (Fsp3) is 0.833. The predicted molar refractivity (Wildman–Crippen MR) is 94.1 cm³/mol. The molecule has 4 amide bonds. The van der Waals surface area contributed by atoms with Crippen molar-refractivity contribution >= 4 is 18.0 Å². The summed E-state index contributed by atoms with van der Waals surface area (Å²) in [6.07, 6.45) is 6.78. The van der Waals surface area contributed by atoms with Crippen molar-refractivity contribution in [1.82, 2.24) is 15.5 Å². The normalized spacial score (nSPS) is 22.9. The van der Waals surface area contributed by atoms with Gasteiger partial charge in [-0.25, -0.2) is 9.59 Å². The van der Waals surface area contributed by atoms with E-state index in [0.717, 1.165) is 38.5 Å². The van der Waals surface area contributed by atoms with Gasteiger partial charge in [0.25, 0.3) is 5.91 Å². The lowest BCUT2D eigenvalue weighted by Crippen LogP contribution is -2.54. The van der Waals surface area contributed by atoms with Crippen LogP contribution in [-0.2, 0) is 9.53 Å². The second kappa shape index (κ2) is 8.54. The molecule has 1 saturated carbocycles. The summed E-state index contributed by atoms with van der Waals surface area (Å²) in [5, 5.41) is 5.60. The fourth-order valence-electron chi connectivity index (χ4n) is 3.32. The molecule has 0 spiro atoms. The number of likely N-dealkylation sites (tertiary alicyclic amines) is 1. The summed E-state index contributed by atoms with van der Waals surface area (Å²) in [6.45, 7) is 5.70. The Labute approximate surface area is 149 Å². The SMILES string of the molecule is CC(C)(C)OC(=O)NC1CCCCN(C(=O)NC2CCCCC2)C1=O. The van der Waals surface area contributed by atoms with E-state index in [9.17, 15) is 14.4 Å². The first-order valence-corrected chi connectivity index (χ1v) is 9.37. The predicted octanol–water partition coefficient (Wildman–Crippen LogP) is 2.93. The topological polar surface area (TPSA) is 87.7 Å². The van der Waals surface area contributed by atoms with Gasteiger partial charge in [0.2, 0.25) is 0 Å². The summed E-state index contributed by atoms with van der Waals surface area (Å²) in [6, 6.07) is -0.904. The van der Waals surface area contributed by atoms with Crippen LogP contribution in [0, 0.1) is 0 Å². The summed E-state index contributed by atoms with van der Waals surface area (Å²) in [7, 11) is 0. The monoisotopic (exact) mass is 353 g/mol. The number of ether oxygens (including phenoxy) is 1. The van der Waals surface area contributed by atoms with E-state index in [1.165, 1.54) is 11.3 Å². The molecular weight excluding hydrogens is 322 g/mol. The summed E-state index contributed by atoms with van der Waals surface area (Å²) >= 11 is 0. The second-order valence-electron chi connectivity index (χ2n) is 7.97. The number of imide groups is 1. The number of carbonyl (C=O) groups is 3. The van der Waals surface area contributed by atoms with Gasteiger partial charge in [0, 0.05) is 12.6 Å². The highest BCUT2D eigenvalue weighted by molar-refractivity contribution is 5.98. The van der Waals surface area contributed by atoms with Crippen molar-refractivity contribution in [1.29, 1.82) is 0 Å². The van der Waals surface area contributed by atoms with Crippen molar-refractivity contribution in [2.45, 2.75) is 89.8 Å². The molecule has 0 radical (unpaired) electrons. The molecule has 0 aromatic carbocycles. The highest BCUT2D eigenvalue weighted by atomic mass is 16.6. The number of urea groups is 1. The Bertz CT molecular complexity index is 495. The lowest BCUT2D eigenvalue weighted by atomic mass is 9.96. The molecule has 1 heterocycles. The van der Waals surface area contributed by atoms with Gasteiger partial charge in [-0.2, -0.15) is 0 Å². The van der Waals surface area contributed by atoms with Crippen LogP contribution in [0.5, 0.6) is 0 Å². The van der Waals surface area contributed by atoms with Gasteiger partial charge in [-0.1, -0.05) is 19.3 Å². The molecule has 0 aromatic heterocycles. The quantitative estimate of drug-likeness (QED) is 0.799. The molecular formula is C18H31N3O4. The van der Waals surface area contributed by atoms with Crippen LogP contribution in [0.3, 0.4) is 0 Å². The van der Waals surface area contributed by atoms with Crippen molar-refractivity contribution < 1.29 is 19.1 Å². The van der Waals surface area contributed by atoms with Crippen molar-refractivity contribution in [2.24, 2.45) is 0 Å². The molecule has 7 heteroatoms. The third-order valence-electron chi connectivity index (χ3n) is 4.56. The Kier molecular flexibility index (Phi) is 6.67. The Balaban J connectivity index is 1.95. The van der Waals surface area contributed by atoms with E-state index in [1.54, 1.807) is 20.8 Å². The number of alkyl carbamates (subject to hydrolysis) is 1. The second-order valence-corrected chi connectivity index (χ2v) is 7.97. The molecule has 1 atom stereocenters. The Hall–Kier alpha value is -1.79. The lowest BCUT2D eigenvalue weighted by Gasteiger charge is -2.28. The minimum atomic E-state index is -0.713. The molecule has 1 unspecified atom stereocenters. The van der Waals surface area contributed by atoms with Crippen molar-refractivity contribution in [2.75, 3.05) is 6.54 Å². The number of hydrogen-bond acceptors (Lipinski definition) is 4. The summed E-state index contributed by atoms with van der Waals surface area (Å²) in [5.41, 5.74) is -0.629. The minimum absolute atomic E-state index is 0.148. The van der Waals surface area contributed by atoms with Gasteiger partial charge in [0.05, 0.1) is 0 Å². The van der Waals surface area contributed by atoms with Gasteiger partial charge in [0.1, 0.15) is 11.6 Å². The molecule has 2 N–H and O–H groups in total. The van der Waals surface area contributed by atoms with E-state index in [0.29, 0.717) is 13.0 Å². The molecule has 142 valence electrons. The summed E-state index contributed by atoms with van der Waals surface area (Å²) < 4.78 is 5.23. The molecule has 2 rings (SSSR count). The zero-order valence-electron chi connectivity index (χ0n) is 15.6. The van der Waals surface area contributed by atoms with Crippen LogP contribution >= 0.6 is 0 Å². The van der Waals surface area contributed by atoms with Crippen LogP contribution in [0.15, 0.2) is 0 Å². The fourth-order valence-corrected chi connectivity index (χ4v) is 3.32. The molecule has 1 aliphatic heterocycles. The van der Waals surface area contributed by atoms with Crippen LogP contribution < -0.4 is 10.6 Å². The van der Waals surface area contributed by atoms with Gasteiger partial charge < -0.3 is 15.4 Å². The van der Waals surface area contributed by atoms with Crippen molar-refractivity contribution in [3.63, 3.8) is 0 Å². The maximum absolute atomic E-state index is 12.7. The Morgan fingerprint density at radius 3 is 2.28 bits per heavy atom. The number of carbonyl (C=O) groups excluding carboxylic acids is 3. The van der Waals surface area contributed by atoms with Gasteiger partial charge in [0.15, 0.2) is 0 Å². The first-order chi connectivity index (χ1) is 11.8. The average Bonchev–Trinajstić information content (AvgIpc) is 2.69. The van der Waals surface area contributed by atoms with Crippen LogP contribution in [0.4, 0.5) is 9.59 Å². The third kappa shape index (κ3) is 6.21. The smallest absolute Gasteiger partial charge is 0.408 e. The number of rotatable bonds is 2. The number of amides is 4. The van der Waals surface area contributed by atoms with E-state index in [-0.39, 0.29) is 18.0 Å². The number of hydrogen-bond donors (Lipinski definition) is 2. The number of nitrogens with one attached hydrogen (secondary N) is 2. The average molecular weight is 353 g/mol. The zero-order valence-corrected chi connectivity index (χ0v) is 15.6. The van der Waals surface area contributed by atoms with Crippen molar-refractivity contribution in [3.05, 3.63) is 0 Å². The standard InChI is InChI=1S/C18H31N3O4/c1-18(2,3)25-17(24)20-14-11-7-8-12-21(15(14)22)16(23)19-13-9-5-4-6-10-13/h13-14H,4-12H2,1-3H3,(H,19,23)(H,20,24). The molecule has 7 nitrogen and oxygen atoms in total. The maximum Gasteiger partial charge on any atom is 0.408 e. The zero-order chi connectivity index (χ0) is 18.4. The first kappa shape index (κ1) is 19.5. The van der Waals surface area contributed by atoms with E-state index in [4.69, 9.17) is 4.74 Å². The minimum Gasteiger partial charge on any atom is -0.444 e. The van der Waals surface area contributed by atoms with Gasteiger partial charge in [-0.15, -0.1) is 0 Å². The van der Waals surface area contributed by atoms with Gasteiger partial charge in [-0.3, -0.25) is 9.69 Å². The van der Waals surface area contributed by atoms with E-state index < -0.39 is 17.7 Å². The first-order valence-electron chi connectivity index (χ1n) is 9.37. The third-order valence-corrected chi connectivity index (χ3v) is 4.56. The van der Waals surface area contributed by atoms with E-state index in [2.05, 4.69) is 10.6 Å². The molecule has 2 fully saturated rings. The molecule has 1 saturated heterocycles. The lowest BCUT2D eigenvalue weighted by molar-refractivity contribution is -0.130. The van der Waals surface area contributed by atoms with Gasteiger partial charge in [-0.05, 0) is 52.9 Å². The van der Waals surface area contributed by atoms with Crippen LogP contribution in [-0.4, -0.2) is 47.2 Å². The van der Waals surface area contributed by atoms with Gasteiger partial charge >= 0.3 is 12.1 Å². The van der Waals surface area contributed by atoms with Crippen LogP contribution in [0.2, 0.25) is 0 Å². The summed E-state index contributed by atoms with van der Waals surface area (Å²) in [5.74, 6) is -0.350. The van der Waals surface area contributed by atoms with E-state index in [1.807, 2.05) is 0 Å².